The van der Waals surface area contributed by atoms with Crippen molar-refractivity contribution in [2.75, 3.05) is 0 Å². The van der Waals surface area contributed by atoms with Crippen molar-refractivity contribution in [2.24, 2.45) is 0 Å². The molecule has 0 saturated heterocycles. The van der Waals surface area contributed by atoms with Crippen LogP contribution in [0.25, 0.3) is 88.1 Å². The number of pyridine rings is 1. The summed E-state index contributed by atoms with van der Waals surface area (Å²) in [5, 5.41) is 7.21. The fourth-order valence-electron chi connectivity index (χ4n) is 6.93. The van der Waals surface area contributed by atoms with E-state index in [-0.39, 0.29) is 0 Å². The molecule has 0 spiro atoms. The maximum absolute atomic E-state index is 6.43. The number of rotatable bonds is 4. The van der Waals surface area contributed by atoms with E-state index in [1.54, 1.807) is 0 Å². The Bertz CT molecular complexity index is 2480. The van der Waals surface area contributed by atoms with Crippen LogP contribution in [0.1, 0.15) is 0 Å². The molecule has 45 heavy (non-hydrogen) atoms. The average molecular weight is 574 g/mol. The Morgan fingerprint density at radius 3 is 1.53 bits per heavy atom. The second kappa shape index (κ2) is 10.3. The Hall–Kier alpha value is -5.99. The highest BCUT2D eigenvalue weighted by atomic mass is 16.3. The van der Waals surface area contributed by atoms with Gasteiger partial charge in [0.2, 0.25) is 0 Å². The fraction of sp³-hybridized carbons (Fsp3) is 0. The fourth-order valence-corrected chi connectivity index (χ4v) is 6.93. The van der Waals surface area contributed by atoms with Crippen molar-refractivity contribution in [1.82, 2.24) is 4.98 Å². The molecule has 9 rings (SSSR count). The molecule has 0 N–H and O–H groups in total. The molecule has 9 aromatic rings. The van der Waals surface area contributed by atoms with Gasteiger partial charge in [-0.05, 0) is 79.7 Å². The van der Waals surface area contributed by atoms with Gasteiger partial charge < -0.3 is 4.42 Å². The summed E-state index contributed by atoms with van der Waals surface area (Å²) in [6.45, 7) is 0. The zero-order chi connectivity index (χ0) is 29.7. The Morgan fingerprint density at radius 2 is 0.889 bits per heavy atom. The molecule has 0 saturated carbocycles. The third kappa shape index (κ3) is 4.15. The van der Waals surface area contributed by atoms with Crippen molar-refractivity contribution < 1.29 is 4.42 Å². The van der Waals surface area contributed by atoms with Gasteiger partial charge >= 0.3 is 0 Å². The standard InChI is InChI=1S/C43H27NO/c1-3-19-36-34(17-1)41(30-14-9-12-28(26-30)32-21-11-22-38-33-16-5-6-24-40(33)45-43(32)38)35-18-2-4-20-37(35)42(36)31-15-10-13-29(27-31)39-23-7-8-25-44-39/h1-27H. The van der Waals surface area contributed by atoms with E-state index in [9.17, 15) is 0 Å². The van der Waals surface area contributed by atoms with Crippen LogP contribution < -0.4 is 0 Å². The second-order valence-electron chi connectivity index (χ2n) is 11.5. The van der Waals surface area contributed by atoms with Gasteiger partial charge in [-0.3, -0.25) is 4.98 Å². The number of benzene rings is 7. The van der Waals surface area contributed by atoms with Gasteiger partial charge in [-0.25, -0.2) is 0 Å². The lowest BCUT2D eigenvalue weighted by molar-refractivity contribution is 0.670. The quantitative estimate of drug-likeness (QED) is 0.196. The first-order chi connectivity index (χ1) is 22.3. The van der Waals surface area contributed by atoms with Crippen molar-refractivity contribution in [1.29, 1.82) is 0 Å². The summed E-state index contributed by atoms with van der Waals surface area (Å²) < 4.78 is 6.43. The number of para-hydroxylation sites is 2. The Kier molecular flexibility index (Phi) is 5.85. The van der Waals surface area contributed by atoms with Gasteiger partial charge in [0.25, 0.3) is 0 Å². The normalized spacial score (nSPS) is 11.6. The first-order valence-electron chi connectivity index (χ1n) is 15.3. The van der Waals surface area contributed by atoms with Gasteiger partial charge in [0.05, 0.1) is 5.69 Å². The molecule has 0 radical (unpaired) electrons. The largest absolute Gasteiger partial charge is 0.455 e. The van der Waals surface area contributed by atoms with Gasteiger partial charge in [0, 0.05) is 28.1 Å². The van der Waals surface area contributed by atoms with E-state index in [2.05, 4.69) is 138 Å². The highest BCUT2D eigenvalue weighted by Crippen LogP contribution is 2.45. The van der Waals surface area contributed by atoms with E-state index in [4.69, 9.17) is 4.42 Å². The lowest BCUT2D eigenvalue weighted by Gasteiger charge is -2.18. The highest BCUT2D eigenvalue weighted by molar-refractivity contribution is 6.21. The van der Waals surface area contributed by atoms with E-state index in [1.807, 2.05) is 30.5 Å². The van der Waals surface area contributed by atoms with Crippen LogP contribution in [-0.4, -0.2) is 4.98 Å². The third-order valence-corrected chi connectivity index (χ3v) is 8.91. The van der Waals surface area contributed by atoms with Gasteiger partial charge in [0.15, 0.2) is 0 Å². The Balaban J connectivity index is 1.28. The second-order valence-corrected chi connectivity index (χ2v) is 11.5. The van der Waals surface area contributed by atoms with Gasteiger partial charge in [-0.15, -0.1) is 0 Å². The van der Waals surface area contributed by atoms with Crippen LogP contribution in [0.2, 0.25) is 0 Å². The molecule has 0 amide bonds. The minimum atomic E-state index is 0.913. The summed E-state index contributed by atoms with van der Waals surface area (Å²) in [4.78, 5) is 4.62. The highest BCUT2D eigenvalue weighted by Gasteiger charge is 2.18. The number of nitrogens with zero attached hydrogens (tertiary/aromatic N) is 1. The molecule has 7 aromatic carbocycles. The minimum Gasteiger partial charge on any atom is -0.455 e. The first kappa shape index (κ1) is 25.5. The smallest absolute Gasteiger partial charge is 0.143 e. The van der Waals surface area contributed by atoms with E-state index in [0.29, 0.717) is 0 Å². The molecule has 0 bridgehead atoms. The van der Waals surface area contributed by atoms with E-state index >= 15 is 0 Å². The molecule has 0 unspecified atom stereocenters. The van der Waals surface area contributed by atoms with Gasteiger partial charge in [0.1, 0.15) is 11.2 Å². The molecule has 0 aliphatic heterocycles. The van der Waals surface area contributed by atoms with Crippen LogP contribution in [0.3, 0.4) is 0 Å². The maximum Gasteiger partial charge on any atom is 0.143 e. The SMILES string of the molecule is c1ccc(-c2cccc(-c3c4ccccc4c(-c4cccc(-c5cccc6c5oc5ccccc56)c4)c4ccccc34)c2)nc1. The molecule has 2 aromatic heterocycles. The molecule has 0 fully saturated rings. The Labute approximate surface area is 260 Å². The maximum atomic E-state index is 6.43. The van der Waals surface area contributed by atoms with Crippen molar-refractivity contribution >= 4 is 43.5 Å². The summed E-state index contributed by atoms with van der Waals surface area (Å²) in [5.74, 6) is 0. The van der Waals surface area contributed by atoms with Crippen LogP contribution in [0.5, 0.6) is 0 Å². The van der Waals surface area contributed by atoms with Crippen LogP contribution in [0.15, 0.2) is 168 Å². The molecule has 0 atom stereocenters. The Morgan fingerprint density at radius 1 is 0.378 bits per heavy atom. The molecule has 0 aliphatic carbocycles. The molecule has 2 nitrogen and oxygen atoms in total. The van der Waals surface area contributed by atoms with E-state index in [1.165, 1.54) is 43.8 Å². The number of hydrogen-bond acceptors (Lipinski definition) is 2. The molecule has 0 aliphatic rings. The number of fused-ring (bicyclic) bond motifs is 5. The lowest BCUT2D eigenvalue weighted by atomic mass is 9.85. The number of furan rings is 1. The molecule has 2 heteroatoms. The summed E-state index contributed by atoms with van der Waals surface area (Å²) in [7, 11) is 0. The summed E-state index contributed by atoms with van der Waals surface area (Å²) >= 11 is 0. The number of hydrogen-bond donors (Lipinski definition) is 0. The van der Waals surface area contributed by atoms with Crippen LogP contribution in [-0.2, 0) is 0 Å². The lowest BCUT2D eigenvalue weighted by Crippen LogP contribution is -1.92. The third-order valence-electron chi connectivity index (χ3n) is 8.91. The molecular formula is C43H27NO. The zero-order valence-electron chi connectivity index (χ0n) is 24.4. The van der Waals surface area contributed by atoms with Crippen molar-refractivity contribution in [3.63, 3.8) is 0 Å². The summed E-state index contributed by atoms with van der Waals surface area (Å²) in [6.07, 6.45) is 1.85. The van der Waals surface area contributed by atoms with Crippen LogP contribution in [0, 0.1) is 0 Å². The van der Waals surface area contributed by atoms with Crippen LogP contribution >= 0.6 is 0 Å². The van der Waals surface area contributed by atoms with Crippen molar-refractivity contribution in [2.45, 2.75) is 0 Å². The first-order valence-corrected chi connectivity index (χ1v) is 15.3. The van der Waals surface area contributed by atoms with E-state index < -0.39 is 0 Å². The van der Waals surface area contributed by atoms with Crippen LogP contribution in [0.4, 0.5) is 0 Å². The van der Waals surface area contributed by atoms with E-state index in [0.717, 1.165) is 44.3 Å². The minimum absolute atomic E-state index is 0.913. The zero-order valence-corrected chi connectivity index (χ0v) is 24.4. The predicted octanol–water partition coefficient (Wildman–Crippen LogP) is 12.0. The van der Waals surface area contributed by atoms with Crippen molar-refractivity contribution in [3.8, 4) is 44.6 Å². The summed E-state index contributed by atoms with van der Waals surface area (Å²) in [6, 6.07) is 56.1. The topological polar surface area (TPSA) is 26.0 Å². The predicted molar refractivity (Wildman–Crippen MR) is 188 cm³/mol. The van der Waals surface area contributed by atoms with Gasteiger partial charge in [-0.2, -0.15) is 0 Å². The molecular weight excluding hydrogens is 546 g/mol. The molecule has 210 valence electrons. The van der Waals surface area contributed by atoms with Crippen molar-refractivity contribution in [3.05, 3.63) is 164 Å². The molecule has 2 heterocycles. The average Bonchev–Trinajstić information content (AvgIpc) is 3.50. The number of aromatic nitrogens is 1. The van der Waals surface area contributed by atoms with Gasteiger partial charge in [-0.1, -0.05) is 127 Å². The monoisotopic (exact) mass is 573 g/mol. The summed E-state index contributed by atoms with van der Waals surface area (Å²) in [5.41, 5.74) is 11.0.